The summed E-state index contributed by atoms with van der Waals surface area (Å²) in [5.41, 5.74) is 0.354. The smallest absolute Gasteiger partial charge is 0.333 e. The maximum Gasteiger partial charge on any atom is 0.333 e. The summed E-state index contributed by atoms with van der Waals surface area (Å²) in [5, 5.41) is 8.47. The standard InChI is InChI=1S/C10H17O4/c1-8(2)10(12)14-7-9(3)13-6-4-5-11/h9,11H,1,3-7H2,2H3. The molecule has 81 valence electrons. The fraction of sp³-hybridized carbons (Fsp3) is 0.600. The molecule has 0 saturated carbocycles. The molecule has 1 N–H and O–H groups in total. The van der Waals surface area contributed by atoms with Crippen molar-refractivity contribution in [2.24, 2.45) is 0 Å². The van der Waals surface area contributed by atoms with Gasteiger partial charge in [0.15, 0.2) is 0 Å². The zero-order chi connectivity index (χ0) is 11.0. The molecule has 0 aromatic heterocycles. The lowest BCUT2D eigenvalue weighted by Gasteiger charge is -2.12. The summed E-state index contributed by atoms with van der Waals surface area (Å²) in [5.74, 6) is -0.440. The highest BCUT2D eigenvalue weighted by Crippen LogP contribution is 1.97. The fourth-order valence-corrected chi connectivity index (χ4v) is 0.654. The third-order valence-electron chi connectivity index (χ3n) is 1.40. The number of ether oxygens (including phenoxy) is 2. The molecule has 4 heteroatoms. The zero-order valence-electron chi connectivity index (χ0n) is 8.49. The van der Waals surface area contributed by atoms with Gasteiger partial charge in [0.1, 0.15) is 6.61 Å². The van der Waals surface area contributed by atoms with Crippen molar-refractivity contribution in [3.05, 3.63) is 19.1 Å². The molecule has 0 aliphatic rings. The van der Waals surface area contributed by atoms with Crippen molar-refractivity contribution in [1.82, 2.24) is 0 Å². The molecule has 0 aromatic carbocycles. The first kappa shape index (κ1) is 13.1. The molecule has 0 aliphatic heterocycles. The van der Waals surface area contributed by atoms with Crippen LogP contribution in [0.2, 0.25) is 0 Å². The second-order valence-corrected chi connectivity index (χ2v) is 2.95. The predicted octanol–water partition coefficient (Wildman–Crippen LogP) is 0.707. The predicted molar refractivity (Wildman–Crippen MR) is 52.6 cm³/mol. The fourth-order valence-electron chi connectivity index (χ4n) is 0.654. The number of hydrogen-bond acceptors (Lipinski definition) is 4. The van der Waals surface area contributed by atoms with Crippen LogP contribution in [0.15, 0.2) is 12.2 Å². The van der Waals surface area contributed by atoms with Gasteiger partial charge in [0.2, 0.25) is 0 Å². The van der Waals surface area contributed by atoms with Gasteiger partial charge < -0.3 is 14.6 Å². The Balaban J connectivity index is 3.48. The molecule has 1 atom stereocenters. The van der Waals surface area contributed by atoms with E-state index in [0.717, 1.165) is 0 Å². The molecular weight excluding hydrogens is 184 g/mol. The van der Waals surface area contributed by atoms with E-state index in [4.69, 9.17) is 14.6 Å². The van der Waals surface area contributed by atoms with E-state index in [1.54, 1.807) is 6.92 Å². The van der Waals surface area contributed by atoms with E-state index in [-0.39, 0.29) is 13.2 Å². The van der Waals surface area contributed by atoms with Crippen molar-refractivity contribution in [3.8, 4) is 0 Å². The van der Waals surface area contributed by atoms with Crippen molar-refractivity contribution < 1.29 is 19.4 Å². The molecule has 0 amide bonds. The number of aliphatic hydroxyl groups excluding tert-OH is 1. The summed E-state index contributed by atoms with van der Waals surface area (Å²) in [6, 6.07) is 0. The van der Waals surface area contributed by atoms with E-state index in [1.807, 2.05) is 0 Å². The molecule has 0 aromatic rings. The van der Waals surface area contributed by atoms with Gasteiger partial charge in [-0.05, 0) is 20.3 Å². The lowest BCUT2D eigenvalue weighted by Crippen LogP contribution is -2.20. The summed E-state index contributed by atoms with van der Waals surface area (Å²) < 4.78 is 9.94. The Morgan fingerprint density at radius 3 is 2.71 bits per heavy atom. The van der Waals surface area contributed by atoms with Crippen LogP contribution in [0.3, 0.4) is 0 Å². The summed E-state index contributed by atoms with van der Waals surface area (Å²) in [6.45, 7) is 9.25. The Bertz CT molecular complexity index is 189. The van der Waals surface area contributed by atoms with Crippen LogP contribution in [0, 0.1) is 6.92 Å². The van der Waals surface area contributed by atoms with E-state index < -0.39 is 12.1 Å². The van der Waals surface area contributed by atoms with Gasteiger partial charge in [-0.15, -0.1) is 0 Å². The molecule has 0 spiro atoms. The topological polar surface area (TPSA) is 55.8 Å². The molecule has 0 heterocycles. The number of carbonyl (C=O) groups excluding carboxylic acids is 1. The average molecular weight is 201 g/mol. The van der Waals surface area contributed by atoms with Crippen molar-refractivity contribution in [3.63, 3.8) is 0 Å². The summed E-state index contributed by atoms with van der Waals surface area (Å²) in [7, 11) is 0. The monoisotopic (exact) mass is 201 g/mol. The van der Waals surface area contributed by atoms with Gasteiger partial charge in [-0.3, -0.25) is 0 Å². The first-order valence-corrected chi connectivity index (χ1v) is 4.46. The lowest BCUT2D eigenvalue weighted by molar-refractivity contribution is -0.142. The number of aliphatic hydroxyl groups is 1. The zero-order valence-corrected chi connectivity index (χ0v) is 8.49. The van der Waals surface area contributed by atoms with E-state index in [0.29, 0.717) is 18.6 Å². The lowest BCUT2D eigenvalue weighted by atomic mass is 10.3. The quantitative estimate of drug-likeness (QED) is 0.374. The van der Waals surface area contributed by atoms with Crippen LogP contribution >= 0.6 is 0 Å². The molecule has 0 rings (SSSR count). The van der Waals surface area contributed by atoms with Gasteiger partial charge in [-0.25, -0.2) is 4.79 Å². The summed E-state index contributed by atoms with van der Waals surface area (Å²) in [6.07, 6.45) is 0.158. The number of carbonyl (C=O) groups is 1. The Hall–Kier alpha value is -0.870. The van der Waals surface area contributed by atoms with Crippen LogP contribution in [-0.4, -0.2) is 37.0 Å². The first-order valence-electron chi connectivity index (χ1n) is 4.46. The van der Waals surface area contributed by atoms with E-state index in [1.165, 1.54) is 0 Å². The van der Waals surface area contributed by atoms with Gasteiger partial charge in [-0.2, -0.15) is 0 Å². The van der Waals surface area contributed by atoms with Crippen LogP contribution < -0.4 is 0 Å². The minimum atomic E-state index is -0.440. The third kappa shape index (κ3) is 6.62. The average Bonchev–Trinajstić information content (AvgIpc) is 2.14. The number of rotatable bonds is 7. The molecule has 0 saturated heterocycles. The van der Waals surface area contributed by atoms with Gasteiger partial charge in [-0.1, -0.05) is 6.58 Å². The Morgan fingerprint density at radius 1 is 1.57 bits per heavy atom. The Labute approximate surface area is 84.5 Å². The third-order valence-corrected chi connectivity index (χ3v) is 1.40. The van der Waals surface area contributed by atoms with Gasteiger partial charge in [0, 0.05) is 18.8 Å². The SMILES string of the molecule is [CH2]C(COC(=O)C(=C)C)OCCCO. The normalized spacial score (nSPS) is 12.2. The van der Waals surface area contributed by atoms with E-state index >= 15 is 0 Å². The van der Waals surface area contributed by atoms with E-state index in [2.05, 4.69) is 13.5 Å². The summed E-state index contributed by atoms with van der Waals surface area (Å²) in [4.78, 5) is 10.9. The van der Waals surface area contributed by atoms with Crippen LogP contribution in [0.5, 0.6) is 0 Å². The highest BCUT2D eigenvalue weighted by Gasteiger charge is 2.07. The van der Waals surface area contributed by atoms with Crippen LogP contribution in [0.1, 0.15) is 13.3 Å². The van der Waals surface area contributed by atoms with E-state index in [9.17, 15) is 4.79 Å². The molecule has 0 fully saturated rings. The van der Waals surface area contributed by atoms with Gasteiger partial charge in [0.05, 0.1) is 6.10 Å². The molecular formula is C10H17O4. The Morgan fingerprint density at radius 2 is 2.21 bits per heavy atom. The second-order valence-electron chi connectivity index (χ2n) is 2.95. The van der Waals surface area contributed by atoms with Crippen LogP contribution in [-0.2, 0) is 14.3 Å². The van der Waals surface area contributed by atoms with Crippen molar-refractivity contribution in [2.75, 3.05) is 19.8 Å². The molecule has 0 bridgehead atoms. The Kier molecular flexibility index (Phi) is 7.06. The highest BCUT2D eigenvalue weighted by atomic mass is 16.6. The maximum atomic E-state index is 10.9. The number of esters is 1. The van der Waals surface area contributed by atoms with Crippen LogP contribution in [0.25, 0.3) is 0 Å². The number of hydrogen-bond donors (Lipinski definition) is 1. The van der Waals surface area contributed by atoms with Crippen molar-refractivity contribution in [2.45, 2.75) is 19.4 Å². The molecule has 4 nitrogen and oxygen atoms in total. The second kappa shape index (κ2) is 7.53. The molecule has 1 radical (unpaired) electrons. The maximum absolute atomic E-state index is 10.9. The minimum Gasteiger partial charge on any atom is -0.460 e. The molecule has 0 aliphatic carbocycles. The largest absolute Gasteiger partial charge is 0.460 e. The van der Waals surface area contributed by atoms with Gasteiger partial charge >= 0.3 is 5.97 Å². The van der Waals surface area contributed by atoms with Crippen molar-refractivity contribution in [1.29, 1.82) is 0 Å². The highest BCUT2D eigenvalue weighted by molar-refractivity contribution is 5.86. The van der Waals surface area contributed by atoms with Crippen molar-refractivity contribution >= 4 is 5.97 Å². The first-order chi connectivity index (χ1) is 6.57. The van der Waals surface area contributed by atoms with Gasteiger partial charge in [0.25, 0.3) is 0 Å². The molecule has 1 unspecified atom stereocenters. The van der Waals surface area contributed by atoms with Crippen LogP contribution in [0.4, 0.5) is 0 Å². The summed E-state index contributed by atoms with van der Waals surface area (Å²) >= 11 is 0. The minimum absolute atomic E-state index is 0.0816. The molecule has 14 heavy (non-hydrogen) atoms.